The monoisotopic (exact) mass is 459 g/mol. The van der Waals surface area contributed by atoms with Crippen molar-refractivity contribution in [3.8, 4) is 0 Å². The van der Waals surface area contributed by atoms with E-state index >= 15 is 0 Å². The molecule has 1 saturated carbocycles. The summed E-state index contributed by atoms with van der Waals surface area (Å²) in [7, 11) is -3.61. The summed E-state index contributed by atoms with van der Waals surface area (Å²) in [5, 5.41) is 2.75. The first-order valence-corrected chi connectivity index (χ1v) is 12.3. The number of nitrogens with zero attached hydrogens (tertiary/aromatic N) is 1. The highest BCUT2D eigenvalue weighted by Gasteiger charge is 2.35. The Labute approximate surface area is 187 Å². The van der Waals surface area contributed by atoms with Crippen LogP contribution < -0.4 is 14.9 Å². The van der Waals surface area contributed by atoms with Gasteiger partial charge < -0.3 is 10.2 Å². The molecule has 1 unspecified atom stereocenters. The van der Waals surface area contributed by atoms with Crippen LogP contribution in [0.4, 0.5) is 15.8 Å². The van der Waals surface area contributed by atoms with Gasteiger partial charge in [-0.15, -0.1) is 0 Å². The van der Waals surface area contributed by atoms with Crippen LogP contribution in [0.25, 0.3) is 0 Å². The molecule has 1 heterocycles. The molecule has 2 fully saturated rings. The molecule has 0 spiro atoms. The van der Waals surface area contributed by atoms with Gasteiger partial charge in [-0.3, -0.25) is 9.59 Å². The Bertz CT molecular complexity index is 1080. The second kappa shape index (κ2) is 9.38. The fraction of sp³-hybridized carbons (Fsp3) is 0.391. The van der Waals surface area contributed by atoms with E-state index in [1.54, 1.807) is 12.1 Å². The summed E-state index contributed by atoms with van der Waals surface area (Å²) < 4.78 is 41.1. The summed E-state index contributed by atoms with van der Waals surface area (Å²) >= 11 is 0. The van der Waals surface area contributed by atoms with Crippen LogP contribution in [0, 0.1) is 11.7 Å². The standard InChI is InChI=1S/C23H26FN3O4S/c24-17-6-10-20(11-7-17)27-15-16(14-22(27)28)23(29)25-18-8-12-21(13-9-18)32(30,31)26-19-4-2-1-3-5-19/h6-13,16,19,26H,1-5,14-15H2,(H,25,29). The van der Waals surface area contributed by atoms with Crippen molar-refractivity contribution in [2.24, 2.45) is 5.92 Å². The number of halogens is 1. The number of hydrogen-bond donors (Lipinski definition) is 2. The largest absolute Gasteiger partial charge is 0.326 e. The van der Waals surface area contributed by atoms with E-state index in [9.17, 15) is 22.4 Å². The van der Waals surface area contributed by atoms with Crippen molar-refractivity contribution in [3.05, 3.63) is 54.3 Å². The Balaban J connectivity index is 1.36. The molecule has 2 N–H and O–H groups in total. The first kappa shape index (κ1) is 22.4. The lowest BCUT2D eigenvalue weighted by atomic mass is 9.96. The predicted octanol–water partition coefficient (Wildman–Crippen LogP) is 3.43. The molecular formula is C23H26FN3O4S. The number of anilines is 2. The van der Waals surface area contributed by atoms with Crippen LogP contribution in [0.5, 0.6) is 0 Å². The summed E-state index contributed by atoms with van der Waals surface area (Å²) in [5.74, 6) is -1.47. The Morgan fingerprint density at radius 2 is 1.62 bits per heavy atom. The van der Waals surface area contributed by atoms with Crippen molar-refractivity contribution in [2.75, 3.05) is 16.8 Å². The van der Waals surface area contributed by atoms with Crippen molar-refractivity contribution in [1.82, 2.24) is 4.72 Å². The van der Waals surface area contributed by atoms with E-state index in [0.717, 1.165) is 32.1 Å². The fourth-order valence-electron chi connectivity index (χ4n) is 4.22. The molecule has 170 valence electrons. The molecule has 7 nitrogen and oxygen atoms in total. The second-order valence-corrected chi connectivity index (χ2v) is 10.1. The van der Waals surface area contributed by atoms with Gasteiger partial charge in [0, 0.05) is 30.4 Å². The van der Waals surface area contributed by atoms with Crippen LogP contribution in [-0.4, -0.2) is 32.8 Å². The van der Waals surface area contributed by atoms with Gasteiger partial charge in [0.25, 0.3) is 0 Å². The van der Waals surface area contributed by atoms with Crippen molar-refractivity contribution in [2.45, 2.75) is 49.5 Å². The minimum absolute atomic E-state index is 0.0305. The lowest BCUT2D eigenvalue weighted by Gasteiger charge is -2.22. The quantitative estimate of drug-likeness (QED) is 0.692. The summed E-state index contributed by atoms with van der Waals surface area (Å²) in [6.45, 7) is 0.202. The molecule has 4 rings (SSSR count). The molecule has 1 aliphatic carbocycles. The Morgan fingerprint density at radius 3 is 2.28 bits per heavy atom. The molecule has 2 aromatic rings. The van der Waals surface area contributed by atoms with Gasteiger partial charge in [0.05, 0.1) is 10.8 Å². The summed E-state index contributed by atoms with van der Waals surface area (Å²) in [6.07, 6.45) is 4.95. The molecular weight excluding hydrogens is 433 g/mol. The molecule has 2 amide bonds. The van der Waals surface area contributed by atoms with Gasteiger partial charge in [-0.1, -0.05) is 19.3 Å². The Hall–Kier alpha value is -2.78. The first-order valence-electron chi connectivity index (χ1n) is 10.8. The Morgan fingerprint density at radius 1 is 0.969 bits per heavy atom. The van der Waals surface area contributed by atoms with Gasteiger partial charge in [-0.25, -0.2) is 17.5 Å². The smallest absolute Gasteiger partial charge is 0.240 e. The molecule has 9 heteroatoms. The minimum Gasteiger partial charge on any atom is -0.326 e. The average molecular weight is 460 g/mol. The summed E-state index contributed by atoms with van der Waals surface area (Å²) in [6, 6.07) is 11.5. The SMILES string of the molecule is O=C(Nc1ccc(S(=O)(=O)NC2CCCCC2)cc1)C1CC(=O)N(c2ccc(F)cc2)C1. The first-order chi connectivity index (χ1) is 15.3. The van der Waals surface area contributed by atoms with Crippen molar-refractivity contribution < 1.29 is 22.4 Å². The van der Waals surface area contributed by atoms with Gasteiger partial charge >= 0.3 is 0 Å². The lowest BCUT2D eigenvalue weighted by molar-refractivity contribution is -0.122. The van der Waals surface area contributed by atoms with Crippen molar-refractivity contribution >= 4 is 33.2 Å². The van der Waals surface area contributed by atoms with E-state index in [4.69, 9.17) is 0 Å². The van der Waals surface area contributed by atoms with Gasteiger partial charge in [0.1, 0.15) is 5.82 Å². The number of sulfonamides is 1. The van der Waals surface area contributed by atoms with Crippen molar-refractivity contribution in [1.29, 1.82) is 0 Å². The molecule has 2 aromatic carbocycles. The summed E-state index contributed by atoms with van der Waals surface area (Å²) in [5.41, 5.74) is 1.01. The number of nitrogens with one attached hydrogen (secondary N) is 2. The minimum atomic E-state index is -3.61. The Kier molecular flexibility index (Phi) is 6.57. The number of carbonyl (C=O) groups excluding carboxylic acids is 2. The van der Waals surface area contributed by atoms with Crippen LogP contribution in [0.1, 0.15) is 38.5 Å². The zero-order chi connectivity index (χ0) is 22.7. The number of carbonyl (C=O) groups is 2. The number of hydrogen-bond acceptors (Lipinski definition) is 4. The molecule has 32 heavy (non-hydrogen) atoms. The topological polar surface area (TPSA) is 95.6 Å². The highest BCUT2D eigenvalue weighted by Crippen LogP contribution is 2.27. The van der Waals surface area contributed by atoms with Gasteiger partial charge in [-0.05, 0) is 61.4 Å². The highest BCUT2D eigenvalue weighted by atomic mass is 32.2. The highest BCUT2D eigenvalue weighted by molar-refractivity contribution is 7.89. The molecule has 0 aromatic heterocycles. The summed E-state index contributed by atoms with van der Waals surface area (Å²) in [4.78, 5) is 26.6. The van der Waals surface area contributed by atoms with E-state index in [-0.39, 0.29) is 35.7 Å². The zero-order valence-electron chi connectivity index (χ0n) is 17.6. The lowest BCUT2D eigenvalue weighted by Crippen LogP contribution is -2.36. The molecule has 1 saturated heterocycles. The van der Waals surface area contributed by atoms with E-state index < -0.39 is 21.8 Å². The van der Waals surface area contributed by atoms with E-state index in [2.05, 4.69) is 10.0 Å². The fourth-order valence-corrected chi connectivity index (χ4v) is 5.53. The van der Waals surface area contributed by atoms with Crippen LogP contribution in [0.15, 0.2) is 53.4 Å². The van der Waals surface area contributed by atoms with Gasteiger partial charge in [-0.2, -0.15) is 0 Å². The number of benzene rings is 2. The van der Waals surface area contributed by atoms with Crippen LogP contribution in [0.2, 0.25) is 0 Å². The van der Waals surface area contributed by atoms with Crippen LogP contribution >= 0.6 is 0 Å². The normalized spacial score (nSPS) is 19.8. The maximum atomic E-state index is 13.1. The molecule has 2 aliphatic rings. The van der Waals surface area contributed by atoms with E-state index in [1.807, 2.05) is 0 Å². The maximum Gasteiger partial charge on any atom is 0.240 e. The second-order valence-electron chi connectivity index (χ2n) is 8.35. The molecule has 0 bridgehead atoms. The number of rotatable bonds is 6. The average Bonchev–Trinajstić information content (AvgIpc) is 3.17. The third-order valence-corrected chi connectivity index (χ3v) is 7.53. The van der Waals surface area contributed by atoms with Gasteiger partial charge in [0.2, 0.25) is 21.8 Å². The van der Waals surface area contributed by atoms with Crippen molar-refractivity contribution in [3.63, 3.8) is 0 Å². The van der Waals surface area contributed by atoms with Crippen LogP contribution in [0.3, 0.4) is 0 Å². The van der Waals surface area contributed by atoms with Crippen LogP contribution in [-0.2, 0) is 19.6 Å². The van der Waals surface area contributed by atoms with E-state index in [0.29, 0.717) is 11.4 Å². The van der Waals surface area contributed by atoms with E-state index in [1.165, 1.54) is 41.3 Å². The molecule has 1 aliphatic heterocycles. The zero-order valence-corrected chi connectivity index (χ0v) is 18.4. The maximum absolute atomic E-state index is 13.1. The molecule has 1 atom stereocenters. The number of amides is 2. The predicted molar refractivity (Wildman–Crippen MR) is 119 cm³/mol. The third-order valence-electron chi connectivity index (χ3n) is 5.99. The van der Waals surface area contributed by atoms with Gasteiger partial charge in [0.15, 0.2) is 0 Å². The third kappa shape index (κ3) is 5.16. The molecule has 0 radical (unpaired) electrons.